The first kappa shape index (κ1) is 16.7. The fourth-order valence-electron chi connectivity index (χ4n) is 1.77. The van der Waals surface area contributed by atoms with Gasteiger partial charge in [0.05, 0.1) is 5.56 Å². The summed E-state index contributed by atoms with van der Waals surface area (Å²) < 4.78 is 11.3. The van der Waals surface area contributed by atoms with E-state index in [2.05, 4.69) is 10.6 Å². The maximum absolute atomic E-state index is 12.2. The van der Waals surface area contributed by atoms with E-state index < -0.39 is 10.8 Å². The van der Waals surface area contributed by atoms with Gasteiger partial charge in [-0.15, -0.1) is 0 Å². The van der Waals surface area contributed by atoms with E-state index >= 15 is 0 Å². The highest BCUT2D eigenvalue weighted by Crippen LogP contribution is 2.15. The van der Waals surface area contributed by atoms with Crippen LogP contribution >= 0.6 is 0 Å². The van der Waals surface area contributed by atoms with Crippen molar-refractivity contribution in [3.63, 3.8) is 0 Å². The summed E-state index contributed by atoms with van der Waals surface area (Å²) in [4.78, 5) is 12.2. The zero-order valence-corrected chi connectivity index (χ0v) is 13.4. The molecular weight excluding hydrogens is 272 g/mol. The van der Waals surface area contributed by atoms with Crippen LogP contribution < -0.4 is 10.6 Å². The molecule has 0 aromatic heterocycles. The largest absolute Gasteiger partial charge is 0.382 e. The maximum atomic E-state index is 12.2. The minimum Gasteiger partial charge on any atom is -0.382 e. The van der Waals surface area contributed by atoms with E-state index in [1.54, 1.807) is 12.3 Å². The van der Waals surface area contributed by atoms with Gasteiger partial charge in [-0.3, -0.25) is 9.00 Å². The predicted molar refractivity (Wildman–Crippen MR) is 85.7 cm³/mol. The van der Waals surface area contributed by atoms with Crippen LogP contribution in [0.2, 0.25) is 0 Å². The molecule has 0 spiro atoms. The first-order valence-electron chi connectivity index (χ1n) is 6.87. The molecule has 0 aliphatic heterocycles. The molecule has 0 saturated heterocycles. The van der Waals surface area contributed by atoms with Gasteiger partial charge in [-0.25, -0.2) is 0 Å². The lowest BCUT2D eigenvalue weighted by Crippen LogP contribution is -2.28. The summed E-state index contributed by atoms with van der Waals surface area (Å²) in [5.41, 5.74) is 1.48. The number of carbonyl (C=O) groups is 1. The Morgan fingerprint density at radius 2 is 1.90 bits per heavy atom. The van der Waals surface area contributed by atoms with E-state index in [1.807, 2.05) is 39.0 Å². The Hall–Kier alpha value is -1.36. The zero-order valence-electron chi connectivity index (χ0n) is 12.6. The minimum atomic E-state index is -0.845. The van der Waals surface area contributed by atoms with Crippen molar-refractivity contribution in [3.05, 3.63) is 29.8 Å². The summed E-state index contributed by atoms with van der Waals surface area (Å²) in [6.07, 6.45) is 2.41. The van der Waals surface area contributed by atoms with Gasteiger partial charge in [-0.2, -0.15) is 0 Å². The fourth-order valence-corrected chi connectivity index (χ4v) is 2.22. The molecule has 0 bridgehead atoms. The third-order valence-electron chi connectivity index (χ3n) is 3.02. The second-order valence-electron chi connectivity index (χ2n) is 5.20. The molecule has 0 heterocycles. The SMILES string of the molecule is CC(C)Nc1ccccc1C(=O)NCCC(C)S(C)=O. The first-order valence-corrected chi connectivity index (χ1v) is 8.50. The van der Waals surface area contributed by atoms with Crippen LogP contribution in [0.4, 0.5) is 5.69 Å². The molecule has 2 unspecified atom stereocenters. The second kappa shape index (κ2) is 8.04. The van der Waals surface area contributed by atoms with E-state index in [0.717, 1.165) is 5.69 Å². The van der Waals surface area contributed by atoms with Crippen LogP contribution in [0.3, 0.4) is 0 Å². The van der Waals surface area contributed by atoms with E-state index in [9.17, 15) is 9.00 Å². The molecule has 1 aromatic rings. The number of hydrogen-bond acceptors (Lipinski definition) is 3. The Balaban J connectivity index is 2.61. The summed E-state index contributed by atoms with van der Waals surface area (Å²) in [6, 6.07) is 7.74. The number of anilines is 1. The van der Waals surface area contributed by atoms with Gasteiger partial charge in [0.2, 0.25) is 0 Å². The molecule has 4 nitrogen and oxygen atoms in total. The van der Waals surface area contributed by atoms with Crippen molar-refractivity contribution in [1.82, 2.24) is 5.32 Å². The Kier molecular flexibility index (Phi) is 6.71. The highest BCUT2D eigenvalue weighted by atomic mass is 32.2. The summed E-state index contributed by atoms with van der Waals surface area (Å²) in [6.45, 7) is 6.53. The van der Waals surface area contributed by atoms with E-state index in [0.29, 0.717) is 18.5 Å². The number of hydrogen-bond donors (Lipinski definition) is 2. The molecule has 112 valence electrons. The third kappa shape index (κ3) is 5.33. The summed E-state index contributed by atoms with van der Waals surface area (Å²) in [5, 5.41) is 6.24. The van der Waals surface area contributed by atoms with Crippen molar-refractivity contribution in [2.75, 3.05) is 18.1 Å². The number of nitrogens with one attached hydrogen (secondary N) is 2. The van der Waals surface area contributed by atoms with Gasteiger partial charge < -0.3 is 10.6 Å². The summed E-state index contributed by atoms with van der Waals surface area (Å²) in [7, 11) is -0.845. The Morgan fingerprint density at radius 1 is 1.25 bits per heavy atom. The van der Waals surface area contributed by atoms with Gasteiger partial charge in [-0.1, -0.05) is 19.1 Å². The molecule has 0 aliphatic carbocycles. The minimum absolute atomic E-state index is 0.0946. The highest BCUT2D eigenvalue weighted by molar-refractivity contribution is 7.84. The van der Waals surface area contributed by atoms with Gasteiger partial charge in [-0.05, 0) is 32.4 Å². The molecule has 1 aromatic carbocycles. The van der Waals surface area contributed by atoms with Crippen LogP contribution in [0.5, 0.6) is 0 Å². The number of carbonyl (C=O) groups excluding carboxylic acids is 1. The van der Waals surface area contributed by atoms with Crippen LogP contribution in [-0.2, 0) is 10.8 Å². The predicted octanol–water partition coefficient (Wildman–Crippen LogP) is 2.39. The molecule has 2 atom stereocenters. The van der Waals surface area contributed by atoms with Crippen molar-refractivity contribution < 1.29 is 9.00 Å². The standard InChI is InChI=1S/C15H24N2O2S/c1-11(2)17-14-8-6-5-7-13(14)15(18)16-10-9-12(3)20(4)19/h5-8,11-12,17H,9-10H2,1-4H3,(H,16,18). The Bertz CT molecular complexity index is 475. The zero-order chi connectivity index (χ0) is 15.1. The van der Waals surface area contributed by atoms with Crippen LogP contribution in [0.15, 0.2) is 24.3 Å². The molecular formula is C15H24N2O2S. The topological polar surface area (TPSA) is 58.2 Å². The fraction of sp³-hybridized carbons (Fsp3) is 0.533. The quantitative estimate of drug-likeness (QED) is 0.812. The molecule has 20 heavy (non-hydrogen) atoms. The Labute approximate surface area is 123 Å². The van der Waals surface area contributed by atoms with E-state index in [4.69, 9.17) is 0 Å². The molecule has 1 amide bonds. The van der Waals surface area contributed by atoms with Crippen molar-refractivity contribution in [2.24, 2.45) is 0 Å². The number of para-hydroxylation sites is 1. The van der Waals surface area contributed by atoms with Gasteiger partial charge in [0, 0.05) is 40.6 Å². The van der Waals surface area contributed by atoms with Crippen molar-refractivity contribution >= 4 is 22.4 Å². The van der Waals surface area contributed by atoms with Crippen LogP contribution in [0.1, 0.15) is 37.6 Å². The molecule has 5 heteroatoms. The second-order valence-corrected chi connectivity index (χ2v) is 7.00. The molecule has 0 saturated carbocycles. The lowest BCUT2D eigenvalue weighted by atomic mass is 10.1. The van der Waals surface area contributed by atoms with Crippen LogP contribution in [0.25, 0.3) is 0 Å². The first-order chi connectivity index (χ1) is 9.41. The van der Waals surface area contributed by atoms with Crippen LogP contribution in [-0.4, -0.2) is 34.2 Å². The Morgan fingerprint density at radius 3 is 2.50 bits per heavy atom. The van der Waals surface area contributed by atoms with Gasteiger partial charge in [0.1, 0.15) is 0 Å². The number of rotatable bonds is 7. The number of amides is 1. The molecule has 2 N–H and O–H groups in total. The normalized spacial score (nSPS) is 13.8. The van der Waals surface area contributed by atoms with Crippen molar-refractivity contribution in [1.29, 1.82) is 0 Å². The number of benzene rings is 1. The molecule has 0 fully saturated rings. The molecule has 0 aliphatic rings. The van der Waals surface area contributed by atoms with Gasteiger partial charge in [0.25, 0.3) is 5.91 Å². The average Bonchev–Trinajstić information content (AvgIpc) is 2.38. The lowest BCUT2D eigenvalue weighted by Gasteiger charge is -2.15. The molecule has 0 radical (unpaired) electrons. The molecule has 1 rings (SSSR count). The smallest absolute Gasteiger partial charge is 0.253 e. The summed E-state index contributed by atoms with van der Waals surface area (Å²) >= 11 is 0. The summed E-state index contributed by atoms with van der Waals surface area (Å²) in [5.74, 6) is -0.0946. The van der Waals surface area contributed by atoms with E-state index in [-0.39, 0.29) is 17.2 Å². The van der Waals surface area contributed by atoms with Crippen molar-refractivity contribution in [3.8, 4) is 0 Å². The van der Waals surface area contributed by atoms with E-state index in [1.165, 1.54) is 0 Å². The van der Waals surface area contributed by atoms with Crippen LogP contribution in [0, 0.1) is 0 Å². The highest BCUT2D eigenvalue weighted by Gasteiger charge is 2.12. The van der Waals surface area contributed by atoms with Gasteiger partial charge >= 0.3 is 0 Å². The lowest BCUT2D eigenvalue weighted by molar-refractivity contribution is 0.0954. The monoisotopic (exact) mass is 296 g/mol. The third-order valence-corrected chi connectivity index (χ3v) is 4.39. The van der Waals surface area contributed by atoms with Crippen molar-refractivity contribution in [2.45, 2.75) is 38.5 Å². The van der Waals surface area contributed by atoms with Gasteiger partial charge in [0.15, 0.2) is 0 Å². The average molecular weight is 296 g/mol. The maximum Gasteiger partial charge on any atom is 0.253 e.